The van der Waals surface area contributed by atoms with Crippen molar-refractivity contribution >= 4 is 6.16 Å². The summed E-state index contributed by atoms with van der Waals surface area (Å²) >= 11 is 0. The molecule has 0 aromatic heterocycles. The van der Waals surface area contributed by atoms with Gasteiger partial charge >= 0.3 is 6.16 Å². The van der Waals surface area contributed by atoms with E-state index in [2.05, 4.69) is 46.8 Å². The number of aryl methyl sites for hydroxylation is 1. The normalized spacial score (nSPS) is 17.7. The second kappa shape index (κ2) is 7.25. The molecule has 2 rings (SSSR count). The summed E-state index contributed by atoms with van der Waals surface area (Å²) in [4.78, 5) is 12.5. The molecule has 0 spiro atoms. The van der Waals surface area contributed by atoms with Gasteiger partial charge in [-0.2, -0.15) is 0 Å². The SMILES string of the molecule is Cc1cc(C(C)(C)C)c(OC(=O)OC(C)(C)C)c(C2(C)CCCCC2)c1. The first-order chi connectivity index (χ1) is 11.8. The average Bonchev–Trinajstić information content (AvgIpc) is 2.46. The Balaban J connectivity index is 2.56. The minimum Gasteiger partial charge on any atom is -0.428 e. The lowest BCUT2D eigenvalue weighted by atomic mass is 9.69. The fourth-order valence-corrected chi connectivity index (χ4v) is 3.84. The molecule has 26 heavy (non-hydrogen) atoms. The van der Waals surface area contributed by atoms with Crippen molar-refractivity contribution in [1.29, 1.82) is 0 Å². The highest BCUT2D eigenvalue weighted by atomic mass is 16.7. The Labute approximate surface area is 159 Å². The van der Waals surface area contributed by atoms with Crippen molar-refractivity contribution in [3.63, 3.8) is 0 Å². The van der Waals surface area contributed by atoms with E-state index in [9.17, 15) is 4.79 Å². The standard InChI is InChI=1S/C23H36O3/c1-16-14-17(21(2,3)4)19(25-20(24)26-22(5,6)7)18(15-16)23(8)12-10-9-11-13-23/h14-15H,9-13H2,1-8H3. The lowest BCUT2D eigenvalue weighted by molar-refractivity contribution is 0.0198. The van der Waals surface area contributed by atoms with Crippen LogP contribution in [0.25, 0.3) is 0 Å². The average molecular weight is 361 g/mol. The Morgan fingerprint density at radius 2 is 1.58 bits per heavy atom. The highest BCUT2D eigenvalue weighted by Gasteiger charge is 2.36. The van der Waals surface area contributed by atoms with E-state index < -0.39 is 11.8 Å². The third-order valence-corrected chi connectivity index (χ3v) is 5.22. The molecule has 1 aromatic rings. The molecule has 1 saturated carbocycles. The highest BCUT2D eigenvalue weighted by molar-refractivity contribution is 5.67. The van der Waals surface area contributed by atoms with Crippen LogP contribution in [0.5, 0.6) is 5.75 Å². The van der Waals surface area contributed by atoms with Crippen LogP contribution in [0.4, 0.5) is 4.79 Å². The van der Waals surface area contributed by atoms with Gasteiger partial charge in [0.1, 0.15) is 11.4 Å². The Bertz CT molecular complexity index is 653. The first-order valence-corrected chi connectivity index (χ1v) is 9.88. The molecule has 1 aliphatic rings. The van der Waals surface area contributed by atoms with Crippen LogP contribution in [0.15, 0.2) is 12.1 Å². The molecule has 0 aliphatic heterocycles. The number of hydrogen-bond acceptors (Lipinski definition) is 3. The minimum absolute atomic E-state index is 0.0433. The van der Waals surface area contributed by atoms with Gasteiger partial charge in [0.25, 0.3) is 0 Å². The monoisotopic (exact) mass is 360 g/mol. The van der Waals surface area contributed by atoms with Crippen molar-refractivity contribution < 1.29 is 14.3 Å². The summed E-state index contributed by atoms with van der Waals surface area (Å²) in [6, 6.07) is 4.36. The summed E-state index contributed by atoms with van der Waals surface area (Å²) in [6.45, 7) is 16.5. The van der Waals surface area contributed by atoms with E-state index in [1.54, 1.807) is 0 Å². The van der Waals surface area contributed by atoms with Crippen LogP contribution in [0.3, 0.4) is 0 Å². The zero-order valence-electron chi connectivity index (χ0n) is 17.9. The fourth-order valence-electron chi connectivity index (χ4n) is 3.84. The van der Waals surface area contributed by atoms with E-state index in [1.165, 1.54) is 24.8 Å². The Hall–Kier alpha value is -1.51. The first kappa shape index (κ1) is 20.8. The molecule has 1 fully saturated rings. The van der Waals surface area contributed by atoms with Crippen LogP contribution < -0.4 is 4.74 Å². The number of carbonyl (C=O) groups excluding carboxylic acids is 1. The van der Waals surface area contributed by atoms with E-state index in [0.29, 0.717) is 5.75 Å². The summed E-state index contributed by atoms with van der Waals surface area (Å²) in [5.41, 5.74) is 2.80. The molecular formula is C23H36O3. The Morgan fingerprint density at radius 3 is 2.08 bits per heavy atom. The van der Waals surface area contributed by atoms with Crippen molar-refractivity contribution in [2.24, 2.45) is 0 Å². The lowest BCUT2D eigenvalue weighted by Gasteiger charge is -2.37. The van der Waals surface area contributed by atoms with E-state index in [0.717, 1.165) is 24.0 Å². The van der Waals surface area contributed by atoms with E-state index in [4.69, 9.17) is 9.47 Å². The van der Waals surface area contributed by atoms with Crippen LogP contribution in [0.2, 0.25) is 0 Å². The van der Waals surface area contributed by atoms with Gasteiger partial charge in [-0.05, 0) is 51.4 Å². The number of carbonyl (C=O) groups is 1. The Kier molecular flexibility index (Phi) is 5.80. The predicted octanol–water partition coefficient (Wildman–Crippen LogP) is 6.83. The number of benzene rings is 1. The second-order valence-corrected chi connectivity index (χ2v) is 10.1. The third kappa shape index (κ3) is 5.02. The molecule has 146 valence electrons. The minimum atomic E-state index is -0.618. The zero-order valence-corrected chi connectivity index (χ0v) is 17.9. The third-order valence-electron chi connectivity index (χ3n) is 5.22. The quantitative estimate of drug-likeness (QED) is 0.428. The highest BCUT2D eigenvalue weighted by Crippen LogP contribution is 2.47. The van der Waals surface area contributed by atoms with Crippen molar-refractivity contribution in [3.8, 4) is 5.75 Å². The van der Waals surface area contributed by atoms with Gasteiger partial charge in [-0.25, -0.2) is 4.79 Å². The van der Waals surface area contributed by atoms with E-state index in [1.807, 2.05) is 20.8 Å². The van der Waals surface area contributed by atoms with Gasteiger partial charge in [0, 0.05) is 11.1 Å². The van der Waals surface area contributed by atoms with Gasteiger partial charge in [-0.15, -0.1) is 0 Å². The summed E-state index contributed by atoms with van der Waals surface area (Å²) in [7, 11) is 0. The van der Waals surface area contributed by atoms with Crippen LogP contribution >= 0.6 is 0 Å². The molecule has 1 aromatic carbocycles. The predicted molar refractivity (Wildman–Crippen MR) is 107 cm³/mol. The zero-order chi connectivity index (χ0) is 19.8. The van der Waals surface area contributed by atoms with Crippen molar-refractivity contribution in [3.05, 3.63) is 28.8 Å². The molecule has 0 N–H and O–H groups in total. The number of ether oxygens (including phenoxy) is 2. The van der Waals surface area contributed by atoms with E-state index in [-0.39, 0.29) is 10.8 Å². The van der Waals surface area contributed by atoms with Crippen molar-refractivity contribution in [1.82, 2.24) is 0 Å². The maximum absolute atomic E-state index is 12.5. The number of rotatable bonds is 2. The molecule has 0 bridgehead atoms. The van der Waals surface area contributed by atoms with Gasteiger partial charge < -0.3 is 9.47 Å². The maximum Gasteiger partial charge on any atom is 0.514 e. The molecule has 0 radical (unpaired) electrons. The molecule has 0 saturated heterocycles. The lowest BCUT2D eigenvalue weighted by Crippen LogP contribution is -2.30. The molecule has 0 unspecified atom stereocenters. The van der Waals surface area contributed by atoms with Crippen LogP contribution in [0.1, 0.15) is 97.3 Å². The van der Waals surface area contributed by atoms with Crippen molar-refractivity contribution in [2.75, 3.05) is 0 Å². The molecule has 0 amide bonds. The van der Waals surface area contributed by atoms with Gasteiger partial charge in [0.15, 0.2) is 0 Å². The molecule has 0 atom stereocenters. The first-order valence-electron chi connectivity index (χ1n) is 9.88. The smallest absolute Gasteiger partial charge is 0.428 e. The summed E-state index contributed by atoms with van der Waals surface area (Å²) in [5.74, 6) is 0.710. The van der Waals surface area contributed by atoms with Gasteiger partial charge in [0.05, 0.1) is 0 Å². The second-order valence-electron chi connectivity index (χ2n) is 10.1. The maximum atomic E-state index is 12.5. The van der Waals surface area contributed by atoms with E-state index >= 15 is 0 Å². The number of hydrogen-bond donors (Lipinski definition) is 0. The summed E-state index contributed by atoms with van der Waals surface area (Å²) in [6.07, 6.45) is 5.38. The molecule has 3 heteroatoms. The largest absolute Gasteiger partial charge is 0.514 e. The molecular weight excluding hydrogens is 324 g/mol. The van der Waals surface area contributed by atoms with Gasteiger partial charge in [0.2, 0.25) is 0 Å². The van der Waals surface area contributed by atoms with Crippen molar-refractivity contribution in [2.45, 2.75) is 104 Å². The molecule has 1 aliphatic carbocycles. The van der Waals surface area contributed by atoms with Crippen LogP contribution in [-0.2, 0) is 15.6 Å². The summed E-state index contributed by atoms with van der Waals surface area (Å²) in [5, 5.41) is 0. The topological polar surface area (TPSA) is 35.5 Å². The van der Waals surface area contributed by atoms with Crippen LogP contribution in [0, 0.1) is 6.92 Å². The van der Waals surface area contributed by atoms with Crippen LogP contribution in [-0.4, -0.2) is 11.8 Å². The van der Waals surface area contributed by atoms with Gasteiger partial charge in [-0.1, -0.05) is 64.7 Å². The Morgan fingerprint density at radius 1 is 1.00 bits per heavy atom. The molecule has 3 nitrogen and oxygen atoms in total. The van der Waals surface area contributed by atoms with Gasteiger partial charge in [-0.3, -0.25) is 0 Å². The fraction of sp³-hybridized carbons (Fsp3) is 0.696. The summed E-state index contributed by atoms with van der Waals surface area (Å²) < 4.78 is 11.3. The molecule has 0 heterocycles.